The van der Waals surface area contributed by atoms with Crippen LogP contribution in [0.4, 0.5) is 0 Å². The average molecular weight is 275 g/mol. The van der Waals surface area contributed by atoms with E-state index in [9.17, 15) is 0 Å². The summed E-state index contributed by atoms with van der Waals surface area (Å²) < 4.78 is 0. The summed E-state index contributed by atoms with van der Waals surface area (Å²) >= 11 is 5.81. The van der Waals surface area contributed by atoms with Gasteiger partial charge in [-0.25, -0.2) is 9.97 Å². The van der Waals surface area contributed by atoms with Gasteiger partial charge in [0.05, 0.1) is 5.69 Å². The number of rotatable bonds is 3. The zero-order valence-electron chi connectivity index (χ0n) is 10.6. The summed E-state index contributed by atoms with van der Waals surface area (Å²) in [4.78, 5) is 15.6. The van der Waals surface area contributed by atoms with E-state index in [0.717, 1.165) is 43.1 Å². The standard InChI is InChI=1S/C14H15ClN4/c15-4-7-19-6-3-11-9-17-14(18-13(11)10-19)12-2-1-5-16-8-12/h1-2,5,8-9H,3-4,6-7,10H2. The molecule has 3 heterocycles. The van der Waals surface area contributed by atoms with Gasteiger partial charge in [0.1, 0.15) is 0 Å². The van der Waals surface area contributed by atoms with Crippen LogP contribution < -0.4 is 0 Å². The Morgan fingerprint density at radius 2 is 2.26 bits per heavy atom. The molecule has 0 atom stereocenters. The monoisotopic (exact) mass is 274 g/mol. The molecule has 0 unspecified atom stereocenters. The van der Waals surface area contributed by atoms with Crippen LogP contribution in [-0.2, 0) is 13.0 Å². The summed E-state index contributed by atoms with van der Waals surface area (Å²) in [5.41, 5.74) is 3.32. The molecule has 0 amide bonds. The van der Waals surface area contributed by atoms with Crippen LogP contribution in [0, 0.1) is 0 Å². The highest BCUT2D eigenvalue weighted by atomic mass is 35.5. The molecule has 0 N–H and O–H groups in total. The zero-order chi connectivity index (χ0) is 13.1. The fraction of sp³-hybridized carbons (Fsp3) is 0.357. The van der Waals surface area contributed by atoms with Crippen LogP contribution in [0.25, 0.3) is 11.4 Å². The van der Waals surface area contributed by atoms with Crippen molar-refractivity contribution in [3.63, 3.8) is 0 Å². The van der Waals surface area contributed by atoms with Crippen LogP contribution in [-0.4, -0.2) is 38.8 Å². The third-order valence-electron chi connectivity index (χ3n) is 3.35. The van der Waals surface area contributed by atoms with Crippen LogP contribution in [0.1, 0.15) is 11.3 Å². The fourth-order valence-corrected chi connectivity index (χ4v) is 2.54. The molecule has 0 aliphatic carbocycles. The summed E-state index contributed by atoms with van der Waals surface area (Å²) in [6.45, 7) is 2.81. The molecule has 1 aliphatic heterocycles. The van der Waals surface area contributed by atoms with Crippen molar-refractivity contribution in [3.05, 3.63) is 42.0 Å². The number of aromatic nitrogens is 3. The Labute approximate surface area is 117 Å². The Balaban J connectivity index is 1.89. The Morgan fingerprint density at radius 1 is 1.32 bits per heavy atom. The van der Waals surface area contributed by atoms with Gasteiger partial charge in [0.15, 0.2) is 5.82 Å². The lowest BCUT2D eigenvalue weighted by molar-refractivity contribution is 0.265. The van der Waals surface area contributed by atoms with Gasteiger partial charge in [-0.15, -0.1) is 11.6 Å². The number of alkyl halides is 1. The van der Waals surface area contributed by atoms with Crippen molar-refractivity contribution in [2.24, 2.45) is 0 Å². The first-order chi connectivity index (χ1) is 9.36. The molecule has 19 heavy (non-hydrogen) atoms. The van der Waals surface area contributed by atoms with Crippen LogP contribution >= 0.6 is 11.6 Å². The van der Waals surface area contributed by atoms with Gasteiger partial charge >= 0.3 is 0 Å². The predicted molar refractivity (Wildman–Crippen MR) is 75.0 cm³/mol. The number of pyridine rings is 1. The lowest BCUT2D eigenvalue weighted by atomic mass is 10.1. The van der Waals surface area contributed by atoms with Gasteiger partial charge in [-0.3, -0.25) is 9.88 Å². The zero-order valence-corrected chi connectivity index (χ0v) is 11.3. The molecular weight excluding hydrogens is 260 g/mol. The van der Waals surface area contributed by atoms with E-state index in [-0.39, 0.29) is 0 Å². The molecule has 2 aromatic heterocycles. The van der Waals surface area contributed by atoms with Crippen molar-refractivity contribution in [3.8, 4) is 11.4 Å². The summed E-state index contributed by atoms with van der Waals surface area (Å²) in [7, 11) is 0. The average Bonchev–Trinajstić information content (AvgIpc) is 2.48. The van der Waals surface area contributed by atoms with Crippen LogP contribution in [0.2, 0.25) is 0 Å². The highest BCUT2D eigenvalue weighted by Gasteiger charge is 2.18. The predicted octanol–water partition coefficient (Wildman–Crippen LogP) is 2.14. The quantitative estimate of drug-likeness (QED) is 0.804. The number of halogens is 1. The van der Waals surface area contributed by atoms with Crippen molar-refractivity contribution >= 4 is 11.6 Å². The number of nitrogens with zero attached hydrogens (tertiary/aromatic N) is 4. The molecule has 98 valence electrons. The van der Waals surface area contributed by atoms with Gasteiger partial charge in [0.2, 0.25) is 0 Å². The van der Waals surface area contributed by atoms with E-state index >= 15 is 0 Å². The summed E-state index contributed by atoms with van der Waals surface area (Å²) in [5, 5.41) is 0. The second-order valence-electron chi connectivity index (χ2n) is 4.62. The Morgan fingerprint density at radius 3 is 3.05 bits per heavy atom. The molecule has 3 rings (SSSR count). The van der Waals surface area contributed by atoms with E-state index in [4.69, 9.17) is 11.6 Å². The lowest BCUT2D eigenvalue weighted by Gasteiger charge is -2.27. The Kier molecular flexibility index (Phi) is 3.71. The molecular formula is C14H15ClN4. The van der Waals surface area contributed by atoms with E-state index in [1.165, 1.54) is 5.56 Å². The molecule has 2 aromatic rings. The first kappa shape index (κ1) is 12.5. The molecule has 0 fully saturated rings. The number of hydrogen-bond donors (Lipinski definition) is 0. The van der Waals surface area contributed by atoms with Gasteiger partial charge in [-0.05, 0) is 24.1 Å². The van der Waals surface area contributed by atoms with E-state index < -0.39 is 0 Å². The third kappa shape index (κ3) is 2.74. The Hall–Kier alpha value is -1.52. The van der Waals surface area contributed by atoms with Crippen molar-refractivity contribution in [2.45, 2.75) is 13.0 Å². The molecule has 0 spiro atoms. The minimum Gasteiger partial charge on any atom is -0.296 e. The molecule has 4 nitrogen and oxygen atoms in total. The molecule has 0 radical (unpaired) electrons. The SMILES string of the molecule is ClCCN1CCc2cnc(-c3cccnc3)nc2C1. The highest BCUT2D eigenvalue weighted by molar-refractivity contribution is 6.18. The summed E-state index contributed by atoms with van der Waals surface area (Å²) in [5.74, 6) is 1.41. The highest BCUT2D eigenvalue weighted by Crippen LogP contribution is 2.20. The van der Waals surface area contributed by atoms with E-state index in [0.29, 0.717) is 5.88 Å². The van der Waals surface area contributed by atoms with Gasteiger partial charge < -0.3 is 0 Å². The normalized spacial score (nSPS) is 15.2. The molecule has 1 aliphatic rings. The van der Waals surface area contributed by atoms with E-state index in [2.05, 4.69) is 19.9 Å². The molecule has 0 saturated heterocycles. The first-order valence-electron chi connectivity index (χ1n) is 6.40. The second-order valence-corrected chi connectivity index (χ2v) is 5.00. The van der Waals surface area contributed by atoms with Crippen LogP contribution in [0.15, 0.2) is 30.7 Å². The van der Waals surface area contributed by atoms with Crippen molar-refractivity contribution in [2.75, 3.05) is 19.0 Å². The van der Waals surface area contributed by atoms with Crippen LogP contribution in [0.5, 0.6) is 0 Å². The van der Waals surface area contributed by atoms with Crippen LogP contribution in [0.3, 0.4) is 0 Å². The van der Waals surface area contributed by atoms with Gasteiger partial charge in [-0.2, -0.15) is 0 Å². The van der Waals surface area contributed by atoms with Gasteiger partial charge in [0.25, 0.3) is 0 Å². The molecule has 0 saturated carbocycles. The largest absolute Gasteiger partial charge is 0.296 e. The topological polar surface area (TPSA) is 41.9 Å². The van der Waals surface area contributed by atoms with Gasteiger partial charge in [-0.1, -0.05) is 0 Å². The maximum Gasteiger partial charge on any atom is 0.160 e. The smallest absolute Gasteiger partial charge is 0.160 e. The lowest BCUT2D eigenvalue weighted by Crippen LogP contribution is -2.32. The molecule has 0 bridgehead atoms. The summed E-state index contributed by atoms with van der Waals surface area (Å²) in [6, 6.07) is 3.88. The van der Waals surface area contributed by atoms with E-state index in [1.807, 2.05) is 18.3 Å². The maximum absolute atomic E-state index is 5.81. The van der Waals surface area contributed by atoms with Crippen molar-refractivity contribution in [1.82, 2.24) is 19.9 Å². The van der Waals surface area contributed by atoms with Crippen molar-refractivity contribution < 1.29 is 0 Å². The fourth-order valence-electron chi connectivity index (χ4n) is 2.30. The Bertz CT molecular complexity index is 559. The second kappa shape index (κ2) is 5.63. The first-order valence-corrected chi connectivity index (χ1v) is 6.94. The maximum atomic E-state index is 5.81. The number of hydrogen-bond acceptors (Lipinski definition) is 4. The van der Waals surface area contributed by atoms with E-state index in [1.54, 1.807) is 12.4 Å². The third-order valence-corrected chi connectivity index (χ3v) is 3.51. The minimum absolute atomic E-state index is 0.663. The van der Waals surface area contributed by atoms with Crippen molar-refractivity contribution in [1.29, 1.82) is 0 Å². The molecule has 0 aromatic carbocycles. The minimum atomic E-state index is 0.663. The summed E-state index contributed by atoms with van der Waals surface area (Å²) in [6.07, 6.45) is 6.49. The van der Waals surface area contributed by atoms with Gasteiger partial charge in [0, 0.05) is 49.7 Å². The number of fused-ring (bicyclic) bond motifs is 1. The molecule has 5 heteroatoms.